The van der Waals surface area contributed by atoms with Crippen LogP contribution in [0.2, 0.25) is 0 Å². The van der Waals surface area contributed by atoms with Gasteiger partial charge in [0.25, 0.3) is 0 Å². The Morgan fingerprint density at radius 2 is 2.18 bits per heavy atom. The Bertz CT molecular complexity index is 356. The number of sulfone groups is 1. The summed E-state index contributed by atoms with van der Waals surface area (Å²) in [4.78, 5) is 3.71. The summed E-state index contributed by atoms with van der Waals surface area (Å²) in [7, 11) is -3.16. The van der Waals surface area contributed by atoms with Crippen molar-refractivity contribution < 1.29 is 8.42 Å². The maximum Gasteiger partial charge on any atom is 0.193 e. The summed E-state index contributed by atoms with van der Waals surface area (Å²) in [5.41, 5.74) is 0.634. The summed E-state index contributed by atoms with van der Waals surface area (Å²) in [5, 5.41) is 0.135. The van der Waals surface area contributed by atoms with Gasteiger partial charge >= 0.3 is 0 Å². The molecule has 0 saturated carbocycles. The van der Waals surface area contributed by atoms with E-state index < -0.39 is 9.84 Å². The molecule has 0 aliphatic rings. The smallest absolute Gasteiger partial charge is 0.193 e. The van der Waals surface area contributed by atoms with Gasteiger partial charge in [0.05, 0.1) is 0 Å². The molecular formula is C7H8NO2S. The normalized spacial score (nSPS) is 11.5. The Hall–Kier alpha value is -0.900. The van der Waals surface area contributed by atoms with Gasteiger partial charge in [0.1, 0.15) is 0 Å². The van der Waals surface area contributed by atoms with Crippen molar-refractivity contribution in [3.63, 3.8) is 0 Å². The molecule has 0 spiro atoms. The Kier molecular flexibility index (Phi) is 1.95. The van der Waals surface area contributed by atoms with Crippen LogP contribution in [0.25, 0.3) is 0 Å². The number of pyridine rings is 1. The number of nitrogens with zero attached hydrogens (tertiary/aromatic N) is 1. The third-order valence-corrected chi connectivity index (χ3v) is 2.37. The molecule has 0 saturated heterocycles. The van der Waals surface area contributed by atoms with Gasteiger partial charge in [-0.25, -0.2) is 13.4 Å². The van der Waals surface area contributed by atoms with Gasteiger partial charge < -0.3 is 0 Å². The van der Waals surface area contributed by atoms with Crippen LogP contribution in [0.1, 0.15) is 5.56 Å². The van der Waals surface area contributed by atoms with E-state index in [4.69, 9.17) is 0 Å². The van der Waals surface area contributed by atoms with Crippen molar-refractivity contribution >= 4 is 9.84 Å². The minimum Gasteiger partial charge on any atom is -0.244 e. The summed E-state index contributed by atoms with van der Waals surface area (Å²) in [6.45, 7) is 1.69. The number of aromatic nitrogens is 1. The maximum atomic E-state index is 11.0. The SMILES string of the molecule is Cc1c[c]cnc1S(C)(=O)=O. The van der Waals surface area contributed by atoms with Crippen molar-refractivity contribution in [2.24, 2.45) is 0 Å². The Labute approximate surface area is 66.0 Å². The molecule has 11 heavy (non-hydrogen) atoms. The van der Waals surface area contributed by atoms with Crippen molar-refractivity contribution in [1.29, 1.82) is 0 Å². The summed E-state index contributed by atoms with van der Waals surface area (Å²) < 4.78 is 22.0. The second-order valence-corrected chi connectivity index (χ2v) is 4.26. The number of aryl methyl sites for hydroxylation is 1. The third kappa shape index (κ3) is 1.77. The predicted octanol–water partition coefficient (Wildman–Crippen LogP) is 0.594. The fourth-order valence-electron chi connectivity index (χ4n) is 0.810. The van der Waals surface area contributed by atoms with Gasteiger partial charge in [-0.2, -0.15) is 0 Å². The fourth-order valence-corrected chi connectivity index (χ4v) is 1.70. The molecule has 0 N–H and O–H groups in total. The van der Waals surface area contributed by atoms with Crippen molar-refractivity contribution in [1.82, 2.24) is 4.98 Å². The van der Waals surface area contributed by atoms with E-state index in [0.717, 1.165) is 6.26 Å². The molecule has 59 valence electrons. The van der Waals surface area contributed by atoms with E-state index in [9.17, 15) is 8.42 Å². The highest BCUT2D eigenvalue weighted by Gasteiger charge is 2.10. The van der Waals surface area contributed by atoms with Crippen LogP contribution in [0.4, 0.5) is 0 Å². The van der Waals surface area contributed by atoms with E-state index in [2.05, 4.69) is 11.1 Å². The lowest BCUT2D eigenvalue weighted by atomic mass is 10.3. The minimum absolute atomic E-state index is 0.135. The van der Waals surface area contributed by atoms with E-state index in [1.165, 1.54) is 6.20 Å². The lowest BCUT2D eigenvalue weighted by Crippen LogP contribution is -2.02. The molecule has 1 aromatic rings. The summed E-state index contributed by atoms with van der Waals surface area (Å²) in [5.74, 6) is 0. The average Bonchev–Trinajstić information content (AvgIpc) is 1.86. The molecule has 0 unspecified atom stereocenters. The zero-order chi connectivity index (χ0) is 8.48. The number of hydrogen-bond donors (Lipinski definition) is 0. The summed E-state index contributed by atoms with van der Waals surface area (Å²) in [6.07, 6.45) is 2.49. The monoisotopic (exact) mass is 170 g/mol. The van der Waals surface area contributed by atoms with Gasteiger partial charge in [0.15, 0.2) is 14.9 Å². The number of hydrogen-bond acceptors (Lipinski definition) is 3. The van der Waals surface area contributed by atoms with Gasteiger partial charge in [-0.3, -0.25) is 0 Å². The Balaban J connectivity index is 3.37. The summed E-state index contributed by atoms with van der Waals surface area (Å²) in [6, 6.07) is 4.30. The van der Waals surface area contributed by atoms with Crippen LogP contribution in [0, 0.1) is 13.0 Å². The molecule has 0 aliphatic heterocycles. The minimum atomic E-state index is -3.16. The van der Waals surface area contributed by atoms with E-state index >= 15 is 0 Å². The predicted molar refractivity (Wildman–Crippen MR) is 40.9 cm³/mol. The van der Waals surface area contributed by atoms with E-state index in [0.29, 0.717) is 5.56 Å². The molecule has 1 heterocycles. The summed E-state index contributed by atoms with van der Waals surface area (Å²) >= 11 is 0. The van der Waals surface area contributed by atoms with Crippen molar-refractivity contribution in [3.05, 3.63) is 23.9 Å². The molecule has 1 radical (unpaired) electrons. The Morgan fingerprint density at radius 1 is 1.55 bits per heavy atom. The highest BCUT2D eigenvalue weighted by Crippen LogP contribution is 2.08. The average molecular weight is 170 g/mol. The molecule has 0 bridgehead atoms. The quantitative estimate of drug-likeness (QED) is 0.619. The standard InChI is InChI=1S/C7H8NO2S/c1-6-4-3-5-8-7(6)11(2,9)10/h4-5H,1-2H3. The second kappa shape index (κ2) is 2.62. The van der Waals surface area contributed by atoms with Crippen molar-refractivity contribution in [2.45, 2.75) is 11.9 Å². The van der Waals surface area contributed by atoms with Gasteiger partial charge in [0.2, 0.25) is 0 Å². The molecule has 4 heteroatoms. The van der Waals surface area contributed by atoms with Gasteiger partial charge in [-0.1, -0.05) is 0 Å². The van der Waals surface area contributed by atoms with Gasteiger partial charge in [0, 0.05) is 18.5 Å². The Morgan fingerprint density at radius 3 is 2.55 bits per heavy atom. The molecule has 0 amide bonds. The molecule has 0 atom stereocenters. The molecule has 0 fully saturated rings. The van der Waals surface area contributed by atoms with Crippen molar-refractivity contribution in [3.8, 4) is 0 Å². The molecule has 3 nitrogen and oxygen atoms in total. The first kappa shape index (κ1) is 8.20. The highest BCUT2D eigenvalue weighted by molar-refractivity contribution is 7.90. The topological polar surface area (TPSA) is 47.0 Å². The highest BCUT2D eigenvalue weighted by atomic mass is 32.2. The lowest BCUT2D eigenvalue weighted by Gasteiger charge is -1.98. The van der Waals surface area contributed by atoms with Gasteiger partial charge in [-0.05, 0) is 18.6 Å². The molecular weight excluding hydrogens is 162 g/mol. The van der Waals surface area contributed by atoms with Crippen LogP contribution < -0.4 is 0 Å². The van der Waals surface area contributed by atoms with Crippen LogP contribution in [-0.2, 0) is 9.84 Å². The third-order valence-electron chi connectivity index (χ3n) is 1.24. The second-order valence-electron chi connectivity index (χ2n) is 2.33. The van der Waals surface area contributed by atoms with Crippen LogP contribution in [0.15, 0.2) is 17.3 Å². The number of rotatable bonds is 1. The van der Waals surface area contributed by atoms with Crippen molar-refractivity contribution in [2.75, 3.05) is 6.26 Å². The first-order chi connectivity index (χ1) is 5.02. The van der Waals surface area contributed by atoms with Crippen LogP contribution >= 0.6 is 0 Å². The fraction of sp³-hybridized carbons (Fsp3) is 0.286. The van der Waals surface area contributed by atoms with E-state index in [1.807, 2.05) is 0 Å². The van der Waals surface area contributed by atoms with E-state index in [-0.39, 0.29) is 5.03 Å². The zero-order valence-electron chi connectivity index (χ0n) is 6.33. The van der Waals surface area contributed by atoms with Crippen LogP contribution in [0.3, 0.4) is 0 Å². The first-order valence-electron chi connectivity index (χ1n) is 3.04. The largest absolute Gasteiger partial charge is 0.244 e. The van der Waals surface area contributed by atoms with Gasteiger partial charge in [-0.15, -0.1) is 0 Å². The molecule has 1 rings (SSSR count). The lowest BCUT2D eigenvalue weighted by molar-refractivity contribution is 0.597. The molecule has 0 aromatic carbocycles. The van der Waals surface area contributed by atoms with Crippen LogP contribution in [-0.4, -0.2) is 19.7 Å². The molecule has 0 aliphatic carbocycles. The zero-order valence-corrected chi connectivity index (χ0v) is 7.14. The van der Waals surface area contributed by atoms with E-state index in [1.54, 1.807) is 13.0 Å². The first-order valence-corrected chi connectivity index (χ1v) is 4.93. The molecule has 1 aromatic heterocycles. The maximum absolute atomic E-state index is 11.0. The van der Waals surface area contributed by atoms with Crippen LogP contribution in [0.5, 0.6) is 0 Å².